The number of halogens is 1. The molecule has 17 heavy (non-hydrogen) atoms. The minimum Gasteiger partial charge on any atom is -0.173 e. The molecule has 0 N–H and O–H groups in total. The molecule has 0 saturated carbocycles. The first-order valence-electron chi connectivity index (χ1n) is 5.55. The Morgan fingerprint density at radius 1 is 0.941 bits per heavy atom. The highest BCUT2D eigenvalue weighted by molar-refractivity contribution is 8.93. The average Bonchev–Trinajstić information content (AvgIpc) is 2.38. The predicted molar refractivity (Wildman–Crippen MR) is 84.1 cm³/mol. The van der Waals surface area contributed by atoms with Gasteiger partial charge in [-0.1, -0.05) is 48.0 Å². The van der Waals surface area contributed by atoms with Gasteiger partial charge in [-0.05, 0) is 18.4 Å². The van der Waals surface area contributed by atoms with Crippen molar-refractivity contribution >= 4 is 52.8 Å². The van der Waals surface area contributed by atoms with Gasteiger partial charge in [-0.15, -0.1) is 33.3 Å². The predicted octanol–water partition coefficient (Wildman–Crippen LogP) is 3.52. The standard InChI is InChI=1S/C8H9S.C6H5.BrH.Mg/c1-7-3-5-8(9-2)6-4-7;1-2-4-6-5-3-1;;/h3-6H,1H2,2H3;1-5H;1H;. The zero-order valence-electron chi connectivity index (χ0n) is 9.93. The molecule has 86 valence electrons. The number of thioether (sulfide) groups is 1. The average molecular weight is 320 g/mol. The lowest BCUT2D eigenvalue weighted by Crippen LogP contribution is -2.15. The lowest BCUT2D eigenvalue weighted by molar-refractivity contribution is 1.33. The van der Waals surface area contributed by atoms with Crippen LogP contribution in [0.3, 0.4) is 0 Å². The van der Waals surface area contributed by atoms with Crippen molar-refractivity contribution in [1.29, 1.82) is 0 Å². The van der Waals surface area contributed by atoms with Gasteiger partial charge in [0.05, 0.1) is 0 Å². The maximum atomic E-state index is 2.27. The van der Waals surface area contributed by atoms with Gasteiger partial charge < -0.3 is 0 Å². The van der Waals surface area contributed by atoms with Gasteiger partial charge in [0.1, 0.15) is 0 Å². The highest BCUT2D eigenvalue weighted by atomic mass is 79.9. The monoisotopic (exact) mass is 318 g/mol. The van der Waals surface area contributed by atoms with Gasteiger partial charge in [0.15, 0.2) is 0 Å². The Morgan fingerprint density at radius 2 is 1.59 bits per heavy atom. The summed E-state index contributed by atoms with van der Waals surface area (Å²) >= 11 is 1.67. The van der Waals surface area contributed by atoms with Crippen molar-refractivity contribution in [2.24, 2.45) is 0 Å². The molecule has 0 aliphatic rings. The highest BCUT2D eigenvalue weighted by Gasteiger charge is 2.00. The van der Waals surface area contributed by atoms with Crippen molar-refractivity contribution in [3.05, 3.63) is 60.2 Å². The summed E-state index contributed by atoms with van der Waals surface area (Å²) in [6.07, 6.45) is 2.12. The molecule has 0 amide bonds. The summed E-state index contributed by atoms with van der Waals surface area (Å²) in [4.78, 5) is 1.35. The van der Waals surface area contributed by atoms with E-state index in [-0.39, 0.29) is 37.3 Å². The summed E-state index contributed by atoms with van der Waals surface area (Å²) < 4.78 is 2.81. The van der Waals surface area contributed by atoms with E-state index in [9.17, 15) is 0 Å². The topological polar surface area (TPSA) is 0 Å². The molecule has 0 spiro atoms. The van der Waals surface area contributed by atoms with E-state index in [1.54, 1.807) is 15.5 Å². The van der Waals surface area contributed by atoms with Crippen molar-refractivity contribution in [2.45, 2.75) is 9.45 Å². The van der Waals surface area contributed by atoms with Crippen LogP contribution >= 0.6 is 28.7 Å². The molecular weight excluding hydrogens is 304 g/mol. The molecule has 3 heteroatoms. The van der Waals surface area contributed by atoms with Crippen LogP contribution in [-0.4, -0.2) is 26.6 Å². The maximum absolute atomic E-state index is 2.27. The smallest absolute Gasteiger partial charge is 0.173 e. The first-order valence-corrected chi connectivity index (χ1v) is 8.48. The Labute approximate surface area is 128 Å². The van der Waals surface area contributed by atoms with Crippen LogP contribution in [0.25, 0.3) is 0 Å². The van der Waals surface area contributed by atoms with Gasteiger partial charge in [0.2, 0.25) is 0 Å². The molecule has 0 unspecified atom stereocenters. The van der Waals surface area contributed by atoms with Gasteiger partial charge in [-0.2, -0.15) is 3.69 Å². The van der Waals surface area contributed by atoms with Crippen LogP contribution in [0.5, 0.6) is 0 Å². The number of rotatable bonds is 4. The van der Waals surface area contributed by atoms with E-state index in [1.165, 1.54) is 15.0 Å². The molecular formula is C14H15BrMgS. The Kier molecular flexibility index (Phi) is 7.27. The van der Waals surface area contributed by atoms with Crippen LogP contribution in [0, 0.1) is 0 Å². The van der Waals surface area contributed by atoms with Gasteiger partial charge >= 0.3 is 20.4 Å². The number of hydrogen-bond donors (Lipinski definition) is 0. The van der Waals surface area contributed by atoms with E-state index < -0.39 is 0 Å². The maximum Gasteiger partial charge on any atom is 0.414 e. The second-order valence-corrected chi connectivity index (χ2v) is 6.53. The SMILES string of the molecule is Br.CSc1ccc([CH2][Mg][c]2ccccc2)cc1. The summed E-state index contributed by atoms with van der Waals surface area (Å²) in [6.45, 7) is 0. The van der Waals surface area contributed by atoms with Gasteiger partial charge in [0, 0.05) is 4.90 Å². The zero-order valence-corrected chi connectivity index (χ0v) is 13.9. The first kappa shape index (κ1) is 15.1. The summed E-state index contributed by atoms with van der Waals surface area (Å²) in [6, 6.07) is 19.8. The second-order valence-electron chi connectivity index (χ2n) is 3.83. The van der Waals surface area contributed by atoms with Crippen molar-refractivity contribution < 1.29 is 0 Å². The largest absolute Gasteiger partial charge is 0.414 e. The van der Waals surface area contributed by atoms with Crippen molar-refractivity contribution in [1.82, 2.24) is 0 Å². The lowest BCUT2D eigenvalue weighted by Gasteiger charge is -2.02. The molecule has 0 saturated heterocycles. The van der Waals surface area contributed by atoms with E-state index >= 15 is 0 Å². The molecule has 0 nitrogen and oxygen atoms in total. The fourth-order valence-electron chi connectivity index (χ4n) is 1.73. The van der Waals surface area contributed by atoms with Crippen LogP contribution in [0.2, 0.25) is 0 Å². The fourth-order valence-corrected chi connectivity index (χ4v) is 3.65. The molecule has 0 radical (unpaired) electrons. The summed E-state index contributed by atoms with van der Waals surface area (Å²) in [7, 11) is 0. The molecule has 2 aromatic rings. The van der Waals surface area contributed by atoms with Crippen LogP contribution in [0.1, 0.15) is 5.56 Å². The van der Waals surface area contributed by atoms with Gasteiger partial charge in [-0.25, -0.2) is 0 Å². The molecule has 0 fully saturated rings. The Morgan fingerprint density at radius 3 is 2.18 bits per heavy atom. The van der Waals surface area contributed by atoms with Crippen molar-refractivity contribution in [2.75, 3.05) is 6.26 Å². The minimum absolute atomic E-state index is 0. The molecule has 0 aromatic heterocycles. The Bertz CT molecular complexity index is 428. The van der Waals surface area contributed by atoms with Gasteiger partial charge in [0.25, 0.3) is 0 Å². The van der Waals surface area contributed by atoms with E-state index in [0.29, 0.717) is 0 Å². The molecule has 2 rings (SSSR count). The molecule has 0 heterocycles. The normalized spacial score (nSPS) is 9.24. The van der Waals surface area contributed by atoms with E-state index in [2.05, 4.69) is 60.9 Å². The minimum atomic E-state index is -0.135. The quantitative estimate of drug-likeness (QED) is 0.614. The number of hydrogen-bond acceptors (Lipinski definition) is 1. The third kappa shape index (κ3) is 5.04. The fraction of sp³-hybridized carbons (Fsp3) is 0.143. The molecule has 2 aromatic carbocycles. The number of benzene rings is 2. The Balaban J connectivity index is 0.00000144. The highest BCUT2D eigenvalue weighted by Crippen LogP contribution is 2.14. The third-order valence-corrected chi connectivity index (χ3v) is 5.32. The van der Waals surface area contributed by atoms with E-state index in [1.807, 2.05) is 0 Å². The molecule has 0 bridgehead atoms. The van der Waals surface area contributed by atoms with Crippen LogP contribution in [0.4, 0.5) is 0 Å². The first-order chi connectivity index (χ1) is 7.88. The third-order valence-electron chi connectivity index (χ3n) is 2.70. The summed E-state index contributed by atoms with van der Waals surface area (Å²) in [5.74, 6) is 0. The zero-order chi connectivity index (χ0) is 11.2. The molecule has 0 aliphatic carbocycles. The Hall–Kier alpha value is 0.0362. The summed E-state index contributed by atoms with van der Waals surface area (Å²) in [5.41, 5.74) is 1.48. The van der Waals surface area contributed by atoms with Crippen LogP contribution < -0.4 is 3.69 Å². The molecule has 0 aliphatic heterocycles. The molecule has 0 atom stereocenters. The lowest BCUT2D eigenvalue weighted by atomic mass is 10.2. The van der Waals surface area contributed by atoms with E-state index in [4.69, 9.17) is 0 Å². The van der Waals surface area contributed by atoms with Crippen molar-refractivity contribution in [3.63, 3.8) is 0 Å². The van der Waals surface area contributed by atoms with Crippen LogP contribution in [-0.2, 0) is 4.55 Å². The van der Waals surface area contributed by atoms with Crippen LogP contribution in [0.15, 0.2) is 59.5 Å². The van der Waals surface area contributed by atoms with Crippen molar-refractivity contribution in [3.8, 4) is 0 Å². The van der Waals surface area contributed by atoms with Gasteiger partial charge in [-0.3, -0.25) is 0 Å². The second kappa shape index (κ2) is 8.19. The van der Waals surface area contributed by atoms with E-state index in [0.717, 1.165) is 0 Å². The summed E-state index contributed by atoms with van der Waals surface area (Å²) in [5, 5.41) is 0.